The average Bonchev–Trinajstić information content (AvgIpc) is 1.50. The monoisotopic (exact) mass is 728 g/mol. The molecular weight excluding hydrogens is 661 g/mol. The Labute approximate surface area is 368 Å². The van der Waals surface area contributed by atoms with Gasteiger partial charge in [0.25, 0.3) is 0 Å². The van der Waals surface area contributed by atoms with Crippen molar-refractivity contribution in [3.05, 3.63) is 228 Å². The number of hydrogen-bond donors (Lipinski definition) is 0. The van der Waals surface area contributed by atoms with Gasteiger partial charge in [0.2, 0.25) is 0 Å². The molecular formula is C55H34. The normalized spacial score (nSPS) is 21.9. The van der Waals surface area contributed by atoms with Gasteiger partial charge in [-0.2, -0.15) is 0 Å². The Kier molecular flexibility index (Phi) is 2.56. The third-order valence-corrected chi connectivity index (χ3v) is 9.88. The zero-order valence-electron chi connectivity index (χ0n) is 61.5. The van der Waals surface area contributed by atoms with E-state index in [9.17, 15) is 24.7 Å². The fourth-order valence-electron chi connectivity index (χ4n) is 7.72. The second kappa shape index (κ2) is 11.5. The molecule has 0 saturated heterocycles. The standard InChI is InChI=1S/C55H34/c1-2-15-35(16-3-1)37-31-38(36-29-30-45-43-19-5-4-17-41(43)42-18-6-7-20-44(42)49(45)34-36)33-39(32-37)40-24-14-28-53-54(40)48-23-10-13-27-52(48)55(53)50-25-11-8-21-46(50)47-22-9-12-26-51(47)55/h1-34H/i1D,2D,3D,4D,5D,6D,7D,8D,9D,10D,11D,12D,13D,14D,15D,16D,17D,18D,19D,20D,21D,22D,23D,24D,25D,26D,27D,28D,29D,30D,31D,32D,33D,34D. The van der Waals surface area contributed by atoms with Crippen LogP contribution < -0.4 is 0 Å². The lowest BCUT2D eigenvalue weighted by molar-refractivity contribution is 0.794. The van der Waals surface area contributed by atoms with E-state index >= 15 is 0 Å². The largest absolute Gasteiger partial charge is 0.0725 e. The van der Waals surface area contributed by atoms with Crippen molar-refractivity contribution in [1.29, 1.82) is 0 Å². The van der Waals surface area contributed by atoms with Gasteiger partial charge in [-0.05, 0) is 134 Å². The minimum Gasteiger partial charge on any atom is -0.0622 e. The first kappa shape index (κ1) is 12.2. The first-order chi connectivity index (χ1) is 41.5. The van der Waals surface area contributed by atoms with Gasteiger partial charge < -0.3 is 0 Å². The number of fused-ring (bicyclic) bond motifs is 16. The predicted molar refractivity (Wildman–Crippen MR) is 232 cm³/mol. The first-order valence-corrected chi connectivity index (χ1v) is 16.5. The molecule has 0 aromatic heterocycles. The van der Waals surface area contributed by atoms with Gasteiger partial charge in [-0.3, -0.25) is 0 Å². The Morgan fingerprint density at radius 3 is 1.33 bits per heavy atom. The van der Waals surface area contributed by atoms with Crippen molar-refractivity contribution in [2.24, 2.45) is 0 Å². The van der Waals surface area contributed by atoms with E-state index in [1.807, 2.05) is 0 Å². The highest BCUT2D eigenvalue weighted by atomic mass is 14.5. The molecule has 0 unspecified atom stereocenters. The van der Waals surface area contributed by atoms with E-state index in [1.165, 1.54) is 0 Å². The van der Waals surface area contributed by atoms with Gasteiger partial charge in [0, 0.05) is 0 Å². The molecule has 2 aliphatic rings. The van der Waals surface area contributed by atoms with Crippen molar-refractivity contribution in [3.8, 4) is 55.6 Å². The molecule has 10 aromatic rings. The fourth-order valence-corrected chi connectivity index (χ4v) is 7.72. The number of benzene rings is 10. The quantitative estimate of drug-likeness (QED) is 0.159. The van der Waals surface area contributed by atoms with Crippen molar-refractivity contribution < 1.29 is 46.6 Å². The topological polar surface area (TPSA) is 0 Å². The molecule has 10 aromatic carbocycles. The lowest BCUT2D eigenvalue weighted by Gasteiger charge is -2.30. The maximum absolute atomic E-state index is 10.4. The summed E-state index contributed by atoms with van der Waals surface area (Å²) in [6.07, 6.45) is 0. The number of hydrogen-bond acceptors (Lipinski definition) is 0. The Morgan fingerprint density at radius 1 is 0.255 bits per heavy atom. The summed E-state index contributed by atoms with van der Waals surface area (Å²) < 4.78 is 316. The van der Waals surface area contributed by atoms with Crippen LogP contribution >= 0.6 is 0 Å². The van der Waals surface area contributed by atoms with Gasteiger partial charge in [0.15, 0.2) is 0 Å². The molecule has 0 heterocycles. The van der Waals surface area contributed by atoms with Crippen molar-refractivity contribution in [2.45, 2.75) is 5.41 Å². The molecule has 0 aliphatic heterocycles. The molecule has 1 spiro atoms. The predicted octanol–water partition coefficient (Wildman–Crippen LogP) is 14.5. The van der Waals surface area contributed by atoms with E-state index in [0.29, 0.717) is 0 Å². The van der Waals surface area contributed by atoms with E-state index in [2.05, 4.69) is 0 Å². The third kappa shape index (κ3) is 4.17. The molecule has 0 amide bonds. The van der Waals surface area contributed by atoms with Gasteiger partial charge in [-0.15, -0.1) is 0 Å². The molecule has 0 nitrogen and oxygen atoms in total. The van der Waals surface area contributed by atoms with Crippen molar-refractivity contribution in [1.82, 2.24) is 0 Å². The summed E-state index contributed by atoms with van der Waals surface area (Å²) in [5.41, 5.74) is -15.4. The molecule has 0 radical (unpaired) electrons. The molecule has 2 aliphatic carbocycles. The maximum atomic E-state index is 10.4. The number of rotatable bonds is 3. The molecule has 0 fully saturated rings. The molecule has 0 saturated carbocycles. The second-order valence-electron chi connectivity index (χ2n) is 12.5. The van der Waals surface area contributed by atoms with Crippen LogP contribution in [0, 0.1) is 0 Å². The van der Waals surface area contributed by atoms with Crippen LogP contribution in [-0.2, 0) is 5.41 Å². The van der Waals surface area contributed by atoms with E-state index in [0.717, 1.165) is 0 Å². The SMILES string of the molecule is [2H]c1c([2H])c([2H])c(-c2c([2H])c(-c3c([2H])c([2H])c([2H])c4c3-c3c([2H])c([2H])c([2H])c([2H])c3C43c4c([2H])c([2H])c([2H])c([2H])c4-c4c([2H])c([2H])c([2H])c([2H])c43)c([2H])c(-c3c([2H])c([2H])c4c5c([2H])c([2H])c([2H])c([2H])c5c5c([2H])c([2H])c([2H])c([2H])c5c4c3[2H])c2[2H])c([2H])c1[2H]. The van der Waals surface area contributed by atoms with Crippen molar-refractivity contribution >= 4 is 32.3 Å². The van der Waals surface area contributed by atoms with Gasteiger partial charge in [-0.25, -0.2) is 0 Å². The molecule has 55 heavy (non-hydrogen) atoms. The van der Waals surface area contributed by atoms with Gasteiger partial charge in [-0.1, -0.05) is 181 Å². The zero-order chi connectivity index (χ0) is 65.7. The summed E-state index contributed by atoms with van der Waals surface area (Å²) in [6, 6.07) is -35.6. The summed E-state index contributed by atoms with van der Waals surface area (Å²) in [5.74, 6) is 0. The molecule has 12 rings (SSSR count). The summed E-state index contributed by atoms with van der Waals surface area (Å²) in [6.45, 7) is 0. The summed E-state index contributed by atoms with van der Waals surface area (Å²) in [7, 11) is 0. The zero-order valence-corrected chi connectivity index (χ0v) is 27.5. The van der Waals surface area contributed by atoms with Crippen LogP contribution in [-0.4, -0.2) is 0 Å². The highest BCUT2D eigenvalue weighted by molar-refractivity contribution is 6.25. The van der Waals surface area contributed by atoms with Crippen LogP contribution in [0.4, 0.5) is 0 Å². The lowest BCUT2D eigenvalue weighted by Crippen LogP contribution is -2.25. The Balaban J connectivity index is 1.39. The van der Waals surface area contributed by atoms with Crippen LogP contribution in [0.3, 0.4) is 0 Å². The van der Waals surface area contributed by atoms with Gasteiger partial charge in [0.05, 0.1) is 52.0 Å². The van der Waals surface area contributed by atoms with Crippen LogP contribution in [0.25, 0.3) is 88.0 Å². The molecule has 254 valence electrons. The van der Waals surface area contributed by atoms with Crippen LogP contribution in [0.1, 0.15) is 68.9 Å². The van der Waals surface area contributed by atoms with E-state index in [-0.39, 0.29) is 0 Å². The van der Waals surface area contributed by atoms with E-state index < -0.39 is 321 Å². The Bertz CT molecular complexity index is 5040. The highest BCUT2D eigenvalue weighted by Gasteiger charge is 2.51. The molecule has 0 bridgehead atoms. The van der Waals surface area contributed by atoms with Crippen molar-refractivity contribution in [2.75, 3.05) is 0 Å². The average molecular weight is 729 g/mol. The highest BCUT2D eigenvalue weighted by Crippen LogP contribution is 2.64. The van der Waals surface area contributed by atoms with Gasteiger partial charge >= 0.3 is 0 Å². The smallest absolute Gasteiger partial charge is 0.0622 e. The van der Waals surface area contributed by atoms with Crippen LogP contribution in [0.2, 0.25) is 0 Å². The molecule has 0 heteroatoms. The van der Waals surface area contributed by atoms with E-state index in [1.54, 1.807) is 0 Å². The van der Waals surface area contributed by atoms with Crippen LogP contribution in [0.15, 0.2) is 205 Å². The lowest BCUT2D eigenvalue weighted by atomic mass is 9.70. The minimum absolute atomic E-state index is 0.562. The summed E-state index contributed by atoms with van der Waals surface area (Å²) in [4.78, 5) is 0. The van der Waals surface area contributed by atoms with Crippen LogP contribution in [0.5, 0.6) is 0 Å². The van der Waals surface area contributed by atoms with Gasteiger partial charge in [0.1, 0.15) is 0 Å². The third-order valence-electron chi connectivity index (χ3n) is 9.88. The fraction of sp³-hybridized carbons (Fsp3) is 0.0182. The Hall–Kier alpha value is -7.02. The minimum atomic E-state index is -2.98. The summed E-state index contributed by atoms with van der Waals surface area (Å²) in [5, 5.41) is -3.89. The Morgan fingerprint density at radius 2 is 0.691 bits per heavy atom. The molecule has 0 N–H and O–H groups in total. The van der Waals surface area contributed by atoms with E-state index in [4.69, 9.17) is 21.9 Å². The summed E-state index contributed by atoms with van der Waals surface area (Å²) >= 11 is 0. The molecule has 0 atom stereocenters. The first-order valence-electron chi connectivity index (χ1n) is 33.5. The maximum Gasteiger partial charge on any atom is 0.0725 e. The second-order valence-corrected chi connectivity index (χ2v) is 12.5. The van der Waals surface area contributed by atoms with Crippen molar-refractivity contribution in [3.63, 3.8) is 0 Å².